The highest BCUT2D eigenvalue weighted by Crippen LogP contribution is 2.45. The monoisotopic (exact) mass is 496 g/mol. The number of halogens is 5. The van der Waals surface area contributed by atoms with Crippen LogP contribution in [-0.4, -0.2) is 11.6 Å². The average molecular weight is 498 g/mol. The molecule has 1 aliphatic rings. The highest BCUT2D eigenvalue weighted by atomic mass is 35.5. The molecule has 4 nitrogen and oxygen atoms in total. The van der Waals surface area contributed by atoms with Crippen LogP contribution in [0.3, 0.4) is 0 Å². The van der Waals surface area contributed by atoms with Crippen LogP contribution in [0.5, 0.6) is 0 Å². The SMILES string of the molecule is CC1(c2ccc(Cl)cc2)CC(Nc2ccc(Cl)cc2F)(Nc2ccc(F)cc2Cl)C(=O)O1. The summed E-state index contributed by atoms with van der Waals surface area (Å²) in [5, 5.41) is 6.73. The van der Waals surface area contributed by atoms with E-state index in [2.05, 4.69) is 10.6 Å². The van der Waals surface area contributed by atoms with Gasteiger partial charge in [-0.2, -0.15) is 0 Å². The molecule has 3 aromatic carbocycles. The summed E-state index contributed by atoms with van der Waals surface area (Å²) in [5.41, 5.74) is -1.70. The van der Waals surface area contributed by atoms with Gasteiger partial charge in [0, 0.05) is 16.5 Å². The normalized spacial score (nSPS) is 22.5. The van der Waals surface area contributed by atoms with Crippen molar-refractivity contribution in [2.75, 3.05) is 10.6 Å². The van der Waals surface area contributed by atoms with Crippen LogP contribution in [-0.2, 0) is 15.1 Å². The van der Waals surface area contributed by atoms with Gasteiger partial charge in [0.25, 0.3) is 0 Å². The van der Waals surface area contributed by atoms with Crippen LogP contribution in [0, 0.1) is 11.6 Å². The van der Waals surface area contributed by atoms with Gasteiger partial charge < -0.3 is 15.4 Å². The van der Waals surface area contributed by atoms with Crippen LogP contribution >= 0.6 is 34.8 Å². The van der Waals surface area contributed by atoms with Crippen molar-refractivity contribution in [3.8, 4) is 0 Å². The predicted octanol–water partition coefficient (Wildman–Crippen LogP) is 7.01. The molecule has 0 amide bonds. The van der Waals surface area contributed by atoms with E-state index in [1.54, 1.807) is 31.2 Å². The molecule has 32 heavy (non-hydrogen) atoms. The number of ether oxygens (including phenoxy) is 1. The molecule has 9 heteroatoms. The van der Waals surface area contributed by atoms with Gasteiger partial charge in [-0.3, -0.25) is 0 Å². The van der Waals surface area contributed by atoms with Crippen LogP contribution in [0.1, 0.15) is 18.9 Å². The Morgan fingerprint density at radius 2 is 1.50 bits per heavy atom. The Morgan fingerprint density at radius 3 is 2.16 bits per heavy atom. The molecule has 0 aliphatic carbocycles. The van der Waals surface area contributed by atoms with E-state index in [0.29, 0.717) is 10.6 Å². The third-order valence-electron chi connectivity index (χ3n) is 5.28. The van der Waals surface area contributed by atoms with Crippen LogP contribution in [0.25, 0.3) is 0 Å². The van der Waals surface area contributed by atoms with Crippen molar-refractivity contribution in [1.82, 2.24) is 0 Å². The second-order valence-corrected chi connectivity index (χ2v) is 8.99. The fourth-order valence-corrected chi connectivity index (χ4v) is 4.23. The van der Waals surface area contributed by atoms with Crippen molar-refractivity contribution in [3.63, 3.8) is 0 Å². The van der Waals surface area contributed by atoms with Gasteiger partial charge in [0.05, 0.1) is 16.4 Å². The second kappa shape index (κ2) is 8.43. The minimum atomic E-state index is -1.62. The average Bonchev–Trinajstić information content (AvgIpc) is 2.97. The summed E-state index contributed by atoms with van der Waals surface area (Å²) in [5.74, 6) is -1.88. The van der Waals surface area contributed by atoms with Crippen molar-refractivity contribution < 1.29 is 18.3 Å². The molecule has 4 rings (SSSR count). The number of cyclic esters (lactones) is 1. The Labute approximate surface area is 198 Å². The largest absolute Gasteiger partial charge is 0.451 e. The van der Waals surface area contributed by atoms with E-state index < -0.39 is 28.9 Å². The van der Waals surface area contributed by atoms with Crippen molar-refractivity contribution in [2.45, 2.75) is 24.6 Å². The van der Waals surface area contributed by atoms with Gasteiger partial charge in [-0.15, -0.1) is 0 Å². The van der Waals surface area contributed by atoms with Crippen molar-refractivity contribution in [1.29, 1.82) is 0 Å². The molecule has 1 saturated heterocycles. The van der Waals surface area contributed by atoms with Gasteiger partial charge in [0.1, 0.15) is 17.2 Å². The Kier molecular flexibility index (Phi) is 5.96. The summed E-state index contributed by atoms with van der Waals surface area (Å²) >= 11 is 18.0. The zero-order valence-electron chi connectivity index (χ0n) is 16.7. The van der Waals surface area contributed by atoms with Crippen molar-refractivity contribution >= 4 is 52.1 Å². The minimum absolute atomic E-state index is 0.0254. The number of carbonyl (C=O) groups excluding carboxylic acids is 1. The number of hydrogen-bond donors (Lipinski definition) is 2. The van der Waals surface area contributed by atoms with Crippen molar-refractivity contribution in [3.05, 3.63) is 92.9 Å². The van der Waals surface area contributed by atoms with Gasteiger partial charge in [-0.05, 0) is 61.0 Å². The number of anilines is 2. The van der Waals surface area contributed by atoms with E-state index in [1.165, 1.54) is 24.3 Å². The summed E-state index contributed by atoms with van der Waals surface area (Å²) in [4.78, 5) is 13.3. The molecule has 1 heterocycles. The molecule has 0 radical (unpaired) electrons. The van der Waals surface area contributed by atoms with Gasteiger partial charge in [0.15, 0.2) is 0 Å². The van der Waals surface area contributed by atoms with Crippen LogP contribution in [0.2, 0.25) is 15.1 Å². The Hall–Kier alpha value is -2.54. The first-order valence-electron chi connectivity index (χ1n) is 9.56. The number of carbonyl (C=O) groups is 1. The second-order valence-electron chi connectivity index (χ2n) is 7.71. The van der Waals surface area contributed by atoms with Gasteiger partial charge >= 0.3 is 5.97 Å². The van der Waals surface area contributed by atoms with Crippen LogP contribution in [0.4, 0.5) is 20.2 Å². The maximum atomic E-state index is 14.6. The summed E-state index contributed by atoms with van der Waals surface area (Å²) in [6.07, 6.45) is 0.0518. The fraction of sp³-hybridized carbons (Fsp3) is 0.174. The van der Waals surface area contributed by atoms with E-state index in [-0.39, 0.29) is 27.8 Å². The van der Waals surface area contributed by atoms with Crippen LogP contribution < -0.4 is 10.6 Å². The molecule has 2 unspecified atom stereocenters. The summed E-state index contributed by atoms with van der Waals surface area (Å²) in [7, 11) is 0. The lowest BCUT2D eigenvalue weighted by Gasteiger charge is -2.31. The standard InChI is InChI=1S/C23H17Cl3F2N2O2/c1-22(13-2-4-14(24)5-3-13)12-23(21(31)32-22,29-19-9-7-16(27)11-17(19)26)30-20-8-6-15(25)10-18(20)28/h2-11,29-30H,12H2,1H3. The molecule has 0 saturated carbocycles. The van der Waals surface area contributed by atoms with Gasteiger partial charge in [0.2, 0.25) is 5.66 Å². The third-order valence-corrected chi connectivity index (χ3v) is 6.08. The maximum absolute atomic E-state index is 14.6. The molecule has 0 spiro atoms. The van der Waals surface area contributed by atoms with Crippen LogP contribution in [0.15, 0.2) is 60.7 Å². The lowest BCUT2D eigenvalue weighted by atomic mass is 9.88. The number of esters is 1. The molecule has 2 atom stereocenters. The fourth-order valence-electron chi connectivity index (χ4n) is 3.73. The molecule has 0 aromatic heterocycles. The predicted molar refractivity (Wildman–Crippen MR) is 122 cm³/mol. The topological polar surface area (TPSA) is 50.4 Å². The molecular formula is C23H17Cl3F2N2O2. The summed E-state index contributed by atoms with van der Waals surface area (Å²) < 4.78 is 34.0. The van der Waals surface area contributed by atoms with Gasteiger partial charge in [-0.25, -0.2) is 13.6 Å². The smallest absolute Gasteiger partial charge is 0.353 e. The molecule has 1 fully saturated rings. The van der Waals surface area contributed by atoms with E-state index in [9.17, 15) is 13.6 Å². The molecule has 1 aliphatic heterocycles. The first-order valence-corrected chi connectivity index (χ1v) is 10.7. The third kappa shape index (κ3) is 4.35. The van der Waals surface area contributed by atoms with E-state index in [1.807, 2.05) is 0 Å². The van der Waals surface area contributed by atoms with Crippen molar-refractivity contribution in [2.24, 2.45) is 0 Å². The molecular weight excluding hydrogens is 481 g/mol. The zero-order chi connectivity index (χ0) is 23.1. The first kappa shape index (κ1) is 22.6. The van der Waals surface area contributed by atoms with E-state index >= 15 is 0 Å². The van der Waals surface area contributed by atoms with Gasteiger partial charge in [-0.1, -0.05) is 46.9 Å². The maximum Gasteiger partial charge on any atom is 0.353 e. The Bertz CT molecular complexity index is 1140. The number of rotatable bonds is 5. The lowest BCUT2D eigenvalue weighted by molar-refractivity contribution is -0.150. The lowest BCUT2D eigenvalue weighted by Crippen LogP contribution is -2.51. The Morgan fingerprint density at radius 1 is 0.875 bits per heavy atom. The quantitative estimate of drug-likeness (QED) is 0.294. The first-order chi connectivity index (χ1) is 15.1. The highest BCUT2D eigenvalue weighted by Gasteiger charge is 2.56. The van der Waals surface area contributed by atoms with E-state index in [4.69, 9.17) is 39.5 Å². The van der Waals surface area contributed by atoms with E-state index in [0.717, 1.165) is 12.1 Å². The molecule has 0 bridgehead atoms. The minimum Gasteiger partial charge on any atom is -0.451 e. The highest BCUT2D eigenvalue weighted by molar-refractivity contribution is 6.33. The molecule has 166 valence electrons. The number of hydrogen-bond acceptors (Lipinski definition) is 4. The Balaban J connectivity index is 1.78. The molecule has 2 N–H and O–H groups in total. The molecule has 3 aromatic rings. The number of nitrogens with one attached hydrogen (secondary N) is 2. The zero-order valence-corrected chi connectivity index (χ0v) is 19.0. The summed E-state index contributed by atoms with van der Waals surface area (Å²) in [6.45, 7) is 1.74. The number of benzene rings is 3. The summed E-state index contributed by atoms with van der Waals surface area (Å²) in [6, 6.07) is 14.6.